The summed E-state index contributed by atoms with van der Waals surface area (Å²) in [6.45, 7) is 3.05. The van der Waals surface area contributed by atoms with Crippen LogP contribution in [0.15, 0.2) is 77.3 Å². The number of carboxylic acids is 1. The summed E-state index contributed by atoms with van der Waals surface area (Å²) in [5, 5.41) is 14.1. The first-order chi connectivity index (χ1) is 20.4. The molecule has 0 bridgehead atoms. The quantitative estimate of drug-likeness (QED) is 0.278. The van der Waals surface area contributed by atoms with Crippen molar-refractivity contribution in [3.63, 3.8) is 0 Å². The summed E-state index contributed by atoms with van der Waals surface area (Å²) in [5.74, 6) is -0.937. The standard InChI is InChI=1S/C33H33FN4O4/c34-28-21-26(13-14-27(28)24-7-3-1-4-8-24)30-35-29(36-42-30)25-11-9-23(10-12-25)22-37-19-15-33(16-20-37,32(40)41)31(39)38-17-5-2-6-18-38/h1,3-4,7-14,21H,2,5-6,15-20,22H2,(H,40,41). The minimum Gasteiger partial charge on any atom is -0.480 e. The molecule has 2 fully saturated rings. The zero-order valence-corrected chi connectivity index (χ0v) is 23.3. The van der Waals surface area contributed by atoms with Crippen molar-refractivity contribution in [3.8, 4) is 34.0 Å². The number of aliphatic carboxylic acids is 1. The van der Waals surface area contributed by atoms with E-state index in [0.717, 1.165) is 36.0 Å². The van der Waals surface area contributed by atoms with Crippen molar-refractivity contribution in [1.82, 2.24) is 19.9 Å². The molecule has 1 amide bonds. The number of halogens is 1. The Morgan fingerprint density at radius 1 is 0.857 bits per heavy atom. The van der Waals surface area contributed by atoms with E-state index >= 15 is 0 Å². The molecule has 9 heteroatoms. The van der Waals surface area contributed by atoms with Gasteiger partial charge in [0.1, 0.15) is 11.2 Å². The number of aromatic nitrogens is 2. The van der Waals surface area contributed by atoms with E-state index in [2.05, 4.69) is 15.0 Å². The summed E-state index contributed by atoms with van der Waals surface area (Å²) in [5.41, 5.74) is 2.31. The van der Waals surface area contributed by atoms with Crippen LogP contribution in [0.1, 0.15) is 37.7 Å². The van der Waals surface area contributed by atoms with Crippen molar-refractivity contribution in [2.75, 3.05) is 26.2 Å². The Labute approximate surface area is 243 Å². The Morgan fingerprint density at radius 2 is 1.55 bits per heavy atom. The average molecular weight is 569 g/mol. The highest BCUT2D eigenvalue weighted by Gasteiger charge is 2.50. The lowest BCUT2D eigenvalue weighted by molar-refractivity contribution is -0.165. The van der Waals surface area contributed by atoms with Crippen molar-refractivity contribution < 1.29 is 23.6 Å². The molecule has 2 aliphatic heterocycles. The van der Waals surface area contributed by atoms with E-state index in [0.29, 0.717) is 62.5 Å². The third-order valence-electron chi connectivity index (χ3n) is 8.52. The maximum absolute atomic E-state index is 14.9. The summed E-state index contributed by atoms with van der Waals surface area (Å²) in [6, 6.07) is 22.0. The molecular weight excluding hydrogens is 535 g/mol. The van der Waals surface area contributed by atoms with Crippen LogP contribution in [0.3, 0.4) is 0 Å². The van der Waals surface area contributed by atoms with Crippen LogP contribution >= 0.6 is 0 Å². The molecule has 1 aromatic heterocycles. The Hall–Kier alpha value is -4.37. The Morgan fingerprint density at radius 3 is 2.21 bits per heavy atom. The fourth-order valence-electron chi connectivity index (χ4n) is 5.99. The molecule has 2 aliphatic rings. The molecule has 0 aliphatic carbocycles. The predicted octanol–water partition coefficient (Wildman–Crippen LogP) is 5.89. The first-order valence-corrected chi connectivity index (χ1v) is 14.5. The molecule has 8 nitrogen and oxygen atoms in total. The fraction of sp³-hybridized carbons (Fsp3) is 0.333. The molecule has 2 saturated heterocycles. The number of carbonyl (C=O) groups excluding carboxylic acids is 1. The van der Waals surface area contributed by atoms with Crippen LogP contribution in [0.5, 0.6) is 0 Å². The molecule has 0 radical (unpaired) electrons. The van der Waals surface area contributed by atoms with Crippen molar-refractivity contribution in [3.05, 3.63) is 84.2 Å². The van der Waals surface area contributed by atoms with Crippen molar-refractivity contribution in [2.45, 2.75) is 38.6 Å². The van der Waals surface area contributed by atoms with Crippen LogP contribution in [0.2, 0.25) is 0 Å². The van der Waals surface area contributed by atoms with E-state index in [4.69, 9.17) is 4.52 Å². The predicted molar refractivity (Wildman–Crippen MR) is 156 cm³/mol. The number of piperidine rings is 2. The minimum atomic E-state index is -1.32. The molecule has 216 valence electrons. The van der Waals surface area contributed by atoms with E-state index in [1.807, 2.05) is 54.6 Å². The highest BCUT2D eigenvalue weighted by Crippen LogP contribution is 2.36. The summed E-state index contributed by atoms with van der Waals surface area (Å²) in [4.78, 5) is 33.9. The number of benzene rings is 3. The Balaban J connectivity index is 1.08. The van der Waals surface area contributed by atoms with Gasteiger partial charge in [-0.1, -0.05) is 65.8 Å². The van der Waals surface area contributed by atoms with Crippen LogP contribution < -0.4 is 0 Å². The molecule has 42 heavy (non-hydrogen) atoms. The second-order valence-electron chi connectivity index (χ2n) is 11.2. The van der Waals surface area contributed by atoms with E-state index in [-0.39, 0.29) is 17.6 Å². The maximum atomic E-state index is 14.9. The lowest BCUT2D eigenvalue weighted by Gasteiger charge is -2.41. The summed E-state index contributed by atoms with van der Waals surface area (Å²) < 4.78 is 20.3. The lowest BCUT2D eigenvalue weighted by Crippen LogP contribution is -2.55. The van der Waals surface area contributed by atoms with Crippen LogP contribution in [-0.4, -0.2) is 63.1 Å². The Kier molecular flexibility index (Phi) is 7.84. The first kappa shape index (κ1) is 27.8. The maximum Gasteiger partial charge on any atom is 0.319 e. The van der Waals surface area contributed by atoms with Crippen LogP contribution in [0, 0.1) is 11.2 Å². The normalized spacial score (nSPS) is 17.2. The van der Waals surface area contributed by atoms with Gasteiger partial charge in [-0.25, -0.2) is 4.39 Å². The second-order valence-corrected chi connectivity index (χ2v) is 11.2. The number of nitrogens with zero attached hydrogens (tertiary/aromatic N) is 4. The molecule has 1 N–H and O–H groups in total. The largest absolute Gasteiger partial charge is 0.480 e. The van der Waals surface area contributed by atoms with E-state index in [1.54, 1.807) is 17.0 Å². The monoisotopic (exact) mass is 568 g/mol. The molecule has 6 rings (SSSR count). The van der Waals surface area contributed by atoms with Crippen molar-refractivity contribution in [1.29, 1.82) is 0 Å². The molecule has 0 unspecified atom stereocenters. The van der Waals surface area contributed by atoms with Gasteiger partial charge >= 0.3 is 5.97 Å². The van der Waals surface area contributed by atoms with Crippen molar-refractivity contribution >= 4 is 11.9 Å². The van der Waals surface area contributed by atoms with Gasteiger partial charge < -0.3 is 14.5 Å². The van der Waals surface area contributed by atoms with Crippen LogP contribution in [0.25, 0.3) is 34.0 Å². The van der Waals surface area contributed by atoms with Crippen LogP contribution in [-0.2, 0) is 16.1 Å². The zero-order chi connectivity index (χ0) is 29.1. The minimum absolute atomic E-state index is 0.215. The molecule has 0 spiro atoms. The average Bonchev–Trinajstić information content (AvgIpc) is 3.53. The topological polar surface area (TPSA) is 99.8 Å². The molecule has 4 aromatic rings. The molecule has 0 saturated carbocycles. The molecular formula is C33H33FN4O4. The molecule has 0 atom stereocenters. The third-order valence-corrected chi connectivity index (χ3v) is 8.52. The highest BCUT2D eigenvalue weighted by molar-refractivity contribution is 6.02. The van der Waals surface area contributed by atoms with Gasteiger partial charge in [0.25, 0.3) is 5.89 Å². The number of rotatable bonds is 7. The molecule has 3 aromatic carbocycles. The molecule has 3 heterocycles. The summed E-state index contributed by atoms with van der Waals surface area (Å²) in [6.07, 6.45) is 3.60. The zero-order valence-electron chi connectivity index (χ0n) is 23.3. The van der Waals surface area contributed by atoms with Gasteiger partial charge in [0, 0.05) is 49.4 Å². The van der Waals surface area contributed by atoms with E-state index < -0.39 is 11.4 Å². The highest BCUT2D eigenvalue weighted by atomic mass is 19.1. The Bertz CT molecular complexity index is 1560. The third kappa shape index (κ3) is 5.56. The van der Waals surface area contributed by atoms with Gasteiger partial charge in [0.05, 0.1) is 0 Å². The SMILES string of the molecule is O=C(O)C1(C(=O)N2CCCCC2)CCN(Cc2ccc(-c3noc(-c4ccc(-c5ccccc5)c(F)c4)n3)cc2)CC1. The number of hydrogen-bond donors (Lipinski definition) is 1. The van der Waals surface area contributed by atoms with Gasteiger partial charge in [0.2, 0.25) is 11.7 Å². The van der Waals surface area contributed by atoms with Gasteiger partial charge in [-0.15, -0.1) is 0 Å². The van der Waals surface area contributed by atoms with Gasteiger partial charge in [-0.2, -0.15) is 4.98 Å². The van der Waals surface area contributed by atoms with Crippen molar-refractivity contribution in [2.24, 2.45) is 5.41 Å². The number of carboxylic acid groups (broad SMARTS) is 1. The number of carbonyl (C=O) groups is 2. The van der Waals surface area contributed by atoms with Gasteiger partial charge in [0.15, 0.2) is 0 Å². The second kappa shape index (κ2) is 11.9. The van der Waals surface area contributed by atoms with Gasteiger partial charge in [-0.3, -0.25) is 14.5 Å². The summed E-state index contributed by atoms with van der Waals surface area (Å²) >= 11 is 0. The number of likely N-dealkylation sites (tertiary alicyclic amines) is 2. The summed E-state index contributed by atoms with van der Waals surface area (Å²) in [7, 11) is 0. The van der Waals surface area contributed by atoms with Gasteiger partial charge in [-0.05, 0) is 55.4 Å². The van der Waals surface area contributed by atoms with Crippen LogP contribution in [0.4, 0.5) is 4.39 Å². The fourth-order valence-corrected chi connectivity index (χ4v) is 5.99. The lowest BCUT2D eigenvalue weighted by atomic mass is 9.76. The van der Waals surface area contributed by atoms with E-state index in [1.165, 1.54) is 6.07 Å². The first-order valence-electron chi connectivity index (χ1n) is 14.5. The smallest absolute Gasteiger partial charge is 0.319 e. The van der Waals surface area contributed by atoms with E-state index in [9.17, 15) is 19.1 Å². The number of hydrogen-bond acceptors (Lipinski definition) is 6. The number of amides is 1.